The van der Waals surface area contributed by atoms with Crippen molar-refractivity contribution >= 4 is 0 Å². The van der Waals surface area contributed by atoms with Gasteiger partial charge >= 0.3 is 0 Å². The summed E-state index contributed by atoms with van der Waals surface area (Å²) in [4.78, 5) is 0. The third-order valence-electron chi connectivity index (χ3n) is 2.85. The quantitative estimate of drug-likeness (QED) is 0.796. The molecule has 5 nitrogen and oxygen atoms in total. The third-order valence-corrected chi connectivity index (χ3v) is 2.85. The number of ether oxygens (including phenoxy) is 1. The van der Waals surface area contributed by atoms with Crippen LogP contribution in [0, 0.1) is 6.92 Å². The molecule has 2 rings (SSSR count). The van der Waals surface area contributed by atoms with Crippen LogP contribution >= 0.6 is 0 Å². The van der Waals surface area contributed by atoms with E-state index in [1.165, 1.54) is 12.8 Å². The maximum absolute atomic E-state index is 5.13. The van der Waals surface area contributed by atoms with Gasteiger partial charge in [0.05, 0.1) is 0 Å². The Bertz CT molecular complexity index is 317. The molecule has 1 fully saturated rings. The van der Waals surface area contributed by atoms with Crippen LogP contribution in [0.1, 0.15) is 30.5 Å². The molecule has 1 aromatic rings. The second kappa shape index (κ2) is 4.72. The number of piperidine rings is 1. The maximum atomic E-state index is 5.13. The zero-order valence-corrected chi connectivity index (χ0v) is 9.36. The third kappa shape index (κ3) is 2.18. The van der Waals surface area contributed by atoms with Gasteiger partial charge in [0, 0.05) is 19.7 Å². The highest BCUT2D eigenvalue weighted by atomic mass is 16.5. The second-order valence-corrected chi connectivity index (χ2v) is 3.97. The standard InChI is InChI=1S/C10H18N4O/c1-8-12-13-10(7-15-2)14(8)9-4-3-5-11-6-9/h9,11H,3-7H2,1-2H3. The molecule has 0 spiro atoms. The first-order valence-electron chi connectivity index (χ1n) is 5.43. The molecular formula is C10H18N4O. The number of methoxy groups -OCH3 is 1. The van der Waals surface area contributed by atoms with Crippen molar-refractivity contribution in [1.82, 2.24) is 20.1 Å². The lowest BCUT2D eigenvalue weighted by Crippen LogP contribution is -2.32. The predicted octanol–water partition coefficient (Wildman–Crippen LogP) is 0.657. The molecule has 0 amide bonds. The SMILES string of the molecule is COCc1nnc(C)n1C1CCCNC1. The van der Waals surface area contributed by atoms with Crippen molar-refractivity contribution in [2.45, 2.75) is 32.4 Å². The van der Waals surface area contributed by atoms with Gasteiger partial charge in [-0.25, -0.2) is 0 Å². The molecule has 1 aromatic heterocycles. The summed E-state index contributed by atoms with van der Waals surface area (Å²) < 4.78 is 7.33. The molecule has 1 unspecified atom stereocenters. The molecule has 1 saturated heterocycles. The van der Waals surface area contributed by atoms with Crippen LogP contribution in [0.4, 0.5) is 0 Å². The minimum absolute atomic E-state index is 0.485. The smallest absolute Gasteiger partial charge is 0.159 e. The van der Waals surface area contributed by atoms with E-state index >= 15 is 0 Å². The van der Waals surface area contributed by atoms with E-state index in [0.29, 0.717) is 12.6 Å². The number of hydrogen-bond donors (Lipinski definition) is 1. The molecule has 1 N–H and O–H groups in total. The lowest BCUT2D eigenvalue weighted by molar-refractivity contribution is 0.170. The molecule has 0 bridgehead atoms. The molecule has 0 aliphatic carbocycles. The van der Waals surface area contributed by atoms with Gasteiger partial charge in [0.25, 0.3) is 0 Å². The van der Waals surface area contributed by atoms with E-state index in [0.717, 1.165) is 24.7 Å². The lowest BCUT2D eigenvalue weighted by atomic mass is 10.1. The van der Waals surface area contributed by atoms with Gasteiger partial charge in [0.15, 0.2) is 5.82 Å². The average molecular weight is 210 g/mol. The Morgan fingerprint density at radius 1 is 1.53 bits per heavy atom. The van der Waals surface area contributed by atoms with Gasteiger partial charge in [-0.1, -0.05) is 0 Å². The number of hydrogen-bond acceptors (Lipinski definition) is 4. The zero-order chi connectivity index (χ0) is 10.7. The number of aryl methyl sites for hydroxylation is 1. The largest absolute Gasteiger partial charge is 0.377 e. The van der Waals surface area contributed by atoms with E-state index in [9.17, 15) is 0 Å². The highest BCUT2D eigenvalue weighted by molar-refractivity contribution is 4.97. The number of nitrogens with one attached hydrogen (secondary N) is 1. The summed E-state index contributed by atoms with van der Waals surface area (Å²) in [7, 11) is 1.69. The fourth-order valence-electron chi connectivity index (χ4n) is 2.17. The number of nitrogens with zero attached hydrogens (tertiary/aromatic N) is 3. The minimum Gasteiger partial charge on any atom is -0.377 e. The summed E-state index contributed by atoms with van der Waals surface area (Å²) in [6.45, 7) is 4.67. The van der Waals surface area contributed by atoms with E-state index in [1.807, 2.05) is 6.92 Å². The van der Waals surface area contributed by atoms with Gasteiger partial charge < -0.3 is 14.6 Å². The topological polar surface area (TPSA) is 52.0 Å². The number of rotatable bonds is 3. The van der Waals surface area contributed by atoms with Crippen molar-refractivity contribution in [3.63, 3.8) is 0 Å². The van der Waals surface area contributed by atoms with Crippen LogP contribution in [0.15, 0.2) is 0 Å². The Morgan fingerprint density at radius 3 is 3.07 bits per heavy atom. The van der Waals surface area contributed by atoms with Crippen LogP contribution in [0.3, 0.4) is 0 Å². The van der Waals surface area contributed by atoms with Crippen molar-refractivity contribution in [2.75, 3.05) is 20.2 Å². The maximum Gasteiger partial charge on any atom is 0.159 e. The summed E-state index contributed by atoms with van der Waals surface area (Å²) in [6.07, 6.45) is 2.41. The highest BCUT2D eigenvalue weighted by Gasteiger charge is 2.20. The second-order valence-electron chi connectivity index (χ2n) is 3.97. The van der Waals surface area contributed by atoms with E-state index in [-0.39, 0.29) is 0 Å². The normalized spacial score (nSPS) is 21.9. The van der Waals surface area contributed by atoms with Gasteiger partial charge in [-0.2, -0.15) is 0 Å². The fourth-order valence-corrected chi connectivity index (χ4v) is 2.17. The molecule has 15 heavy (non-hydrogen) atoms. The fraction of sp³-hybridized carbons (Fsp3) is 0.800. The van der Waals surface area contributed by atoms with Gasteiger partial charge in [0.2, 0.25) is 0 Å². The summed E-state index contributed by atoms with van der Waals surface area (Å²) in [5.74, 6) is 1.92. The molecular weight excluding hydrogens is 192 g/mol. The first-order valence-corrected chi connectivity index (χ1v) is 5.43. The highest BCUT2D eigenvalue weighted by Crippen LogP contribution is 2.19. The van der Waals surface area contributed by atoms with Crippen LogP contribution in [0.2, 0.25) is 0 Å². The summed E-state index contributed by atoms with van der Waals surface area (Å²) >= 11 is 0. The Labute approximate surface area is 89.8 Å². The Balaban J connectivity index is 2.19. The van der Waals surface area contributed by atoms with Crippen molar-refractivity contribution < 1.29 is 4.74 Å². The van der Waals surface area contributed by atoms with Crippen LogP contribution in [-0.2, 0) is 11.3 Å². The minimum atomic E-state index is 0.485. The van der Waals surface area contributed by atoms with Gasteiger partial charge in [-0.15, -0.1) is 10.2 Å². The molecule has 0 aromatic carbocycles. The van der Waals surface area contributed by atoms with Crippen LogP contribution in [0.25, 0.3) is 0 Å². The van der Waals surface area contributed by atoms with Crippen molar-refractivity contribution in [3.05, 3.63) is 11.6 Å². The predicted molar refractivity (Wildman–Crippen MR) is 56.6 cm³/mol. The molecule has 0 saturated carbocycles. The Morgan fingerprint density at radius 2 is 2.40 bits per heavy atom. The van der Waals surface area contributed by atoms with Gasteiger partial charge in [-0.3, -0.25) is 0 Å². The van der Waals surface area contributed by atoms with E-state index in [2.05, 4.69) is 20.1 Å². The average Bonchev–Trinajstić information content (AvgIpc) is 2.62. The summed E-state index contributed by atoms with van der Waals surface area (Å²) in [5, 5.41) is 11.7. The molecule has 2 heterocycles. The van der Waals surface area contributed by atoms with Crippen molar-refractivity contribution in [1.29, 1.82) is 0 Å². The Hall–Kier alpha value is -0.940. The molecule has 1 aliphatic heterocycles. The van der Waals surface area contributed by atoms with Gasteiger partial charge in [0.1, 0.15) is 12.4 Å². The molecule has 5 heteroatoms. The summed E-state index contributed by atoms with van der Waals surface area (Å²) in [5.41, 5.74) is 0. The van der Waals surface area contributed by atoms with Crippen molar-refractivity contribution in [3.8, 4) is 0 Å². The van der Waals surface area contributed by atoms with Crippen LogP contribution < -0.4 is 5.32 Å². The number of aromatic nitrogens is 3. The molecule has 0 radical (unpaired) electrons. The first kappa shape index (κ1) is 10.6. The summed E-state index contributed by atoms with van der Waals surface area (Å²) in [6, 6.07) is 0.485. The van der Waals surface area contributed by atoms with E-state index in [1.54, 1.807) is 7.11 Å². The Kier molecular flexibility index (Phi) is 3.33. The van der Waals surface area contributed by atoms with E-state index in [4.69, 9.17) is 4.74 Å². The molecule has 84 valence electrons. The monoisotopic (exact) mass is 210 g/mol. The molecule has 1 aliphatic rings. The van der Waals surface area contributed by atoms with E-state index < -0.39 is 0 Å². The van der Waals surface area contributed by atoms with Crippen LogP contribution in [-0.4, -0.2) is 35.0 Å². The zero-order valence-electron chi connectivity index (χ0n) is 9.36. The van der Waals surface area contributed by atoms with Gasteiger partial charge in [-0.05, 0) is 26.3 Å². The van der Waals surface area contributed by atoms with Crippen molar-refractivity contribution in [2.24, 2.45) is 0 Å². The molecule has 1 atom stereocenters. The lowest BCUT2D eigenvalue weighted by Gasteiger charge is -2.25. The first-order chi connectivity index (χ1) is 7.33. The van der Waals surface area contributed by atoms with Crippen LogP contribution in [0.5, 0.6) is 0 Å².